The zero-order chi connectivity index (χ0) is 13.8. The molecule has 2 nitrogen and oxygen atoms in total. The van der Waals surface area contributed by atoms with Crippen molar-refractivity contribution in [1.82, 2.24) is 5.32 Å². The van der Waals surface area contributed by atoms with E-state index in [9.17, 15) is 0 Å². The Morgan fingerprint density at radius 1 is 1.32 bits per heavy atom. The lowest BCUT2D eigenvalue weighted by atomic mass is 10.0. The summed E-state index contributed by atoms with van der Waals surface area (Å²) in [6.07, 6.45) is 0.903. The van der Waals surface area contributed by atoms with Gasteiger partial charge in [-0.2, -0.15) is 0 Å². The van der Waals surface area contributed by atoms with Gasteiger partial charge in [-0.1, -0.05) is 18.2 Å². The fourth-order valence-electron chi connectivity index (χ4n) is 1.97. The van der Waals surface area contributed by atoms with Gasteiger partial charge in [0.2, 0.25) is 0 Å². The fraction of sp³-hybridized carbons (Fsp3) is 0.286. The second kappa shape index (κ2) is 6.88. The standard InChI is InChI=1S/C14H15Br2NOS/c1-17-11(13-8-10(15)14(16)19-13)7-9-5-3-4-6-12(9)18-2/h3-6,8,11,17H,7H2,1-2H3. The van der Waals surface area contributed by atoms with Gasteiger partial charge >= 0.3 is 0 Å². The van der Waals surface area contributed by atoms with E-state index in [2.05, 4.69) is 49.3 Å². The number of nitrogens with one attached hydrogen (secondary N) is 1. The van der Waals surface area contributed by atoms with Crippen molar-refractivity contribution in [1.29, 1.82) is 0 Å². The molecule has 0 radical (unpaired) electrons. The summed E-state index contributed by atoms with van der Waals surface area (Å²) in [4.78, 5) is 1.30. The lowest BCUT2D eigenvalue weighted by Crippen LogP contribution is -2.18. The maximum atomic E-state index is 5.41. The van der Waals surface area contributed by atoms with Crippen molar-refractivity contribution < 1.29 is 4.74 Å². The first kappa shape index (κ1) is 15.0. The number of benzene rings is 1. The van der Waals surface area contributed by atoms with Gasteiger partial charge in [-0.15, -0.1) is 11.3 Å². The SMILES string of the molecule is CNC(Cc1ccccc1OC)c1cc(Br)c(Br)s1. The average Bonchev–Trinajstić information content (AvgIpc) is 2.76. The number of para-hydroxylation sites is 1. The molecule has 1 atom stereocenters. The van der Waals surface area contributed by atoms with E-state index < -0.39 is 0 Å². The molecule has 1 unspecified atom stereocenters. The molecule has 1 aromatic heterocycles. The Labute approximate surface area is 134 Å². The molecule has 0 amide bonds. The molecular formula is C14H15Br2NOS. The Hall–Kier alpha value is -0.360. The summed E-state index contributed by atoms with van der Waals surface area (Å²) in [5.41, 5.74) is 1.21. The molecule has 0 aliphatic heterocycles. The first-order chi connectivity index (χ1) is 9.15. The highest BCUT2D eigenvalue weighted by molar-refractivity contribution is 9.13. The topological polar surface area (TPSA) is 21.3 Å². The van der Waals surface area contributed by atoms with Crippen LogP contribution in [0.25, 0.3) is 0 Å². The van der Waals surface area contributed by atoms with Crippen molar-refractivity contribution >= 4 is 43.2 Å². The second-order valence-electron chi connectivity index (χ2n) is 4.13. The second-order valence-corrected chi connectivity index (χ2v) is 7.38. The van der Waals surface area contributed by atoms with Crippen LogP contribution in [0.3, 0.4) is 0 Å². The van der Waals surface area contributed by atoms with Crippen LogP contribution in [0.15, 0.2) is 38.6 Å². The third-order valence-corrected chi connectivity index (χ3v) is 6.34. The Kier molecular flexibility index (Phi) is 5.45. The first-order valence-electron chi connectivity index (χ1n) is 5.89. The number of methoxy groups -OCH3 is 1. The van der Waals surface area contributed by atoms with Gasteiger partial charge < -0.3 is 10.1 Å². The Morgan fingerprint density at radius 3 is 2.63 bits per heavy atom. The van der Waals surface area contributed by atoms with Crippen LogP contribution in [0.1, 0.15) is 16.5 Å². The first-order valence-corrected chi connectivity index (χ1v) is 8.29. The number of hydrogen-bond acceptors (Lipinski definition) is 3. The smallest absolute Gasteiger partial charge is 0.122 e. The summed E-state index contributed by atoms with van der Waals surface area (Å²) >= 11 is 8.83. The normalized spacial score (nSPS) is 12.4. The van der Waals surface area contributed by atoms with E-state index in [0.29, 0.717) is 0 Å². The maximum Gasteiger partial charge on any atom is 0.122 e. The Balaban J connectivity index is 2.23. The molecule has 0 saturated carbocycles. The number of likely N-dealkylation sites (N-methyl/N-ethyl adjacent to an activating group) is 1. The molecule has 5 heteroatoms. The molecular weight excluding hydrogens is 390 g/mol. The highest BCUT2D eigenvalue weighted by Crippen LogP contribution is 2.37. The van der Waals surface area contributed by atoms with Gasteiger partial charge in [-0.25, -0.2) is 0 Å². The van der Waals surface area contributed by atoms with Crippen LogP contribution < -0.4 is 10.1 Å². The monoisotopic (exact) mass is 403 g/mol. The van der Waals surface area contributed by atoms with E-state index in [4.69, 9.17) is 4.74 Å². The molecule has 1 N–H and O–H groups in total. The van der Waals surface area contributed by atoms with Gasteiger partial charge in [-0.3, -0.25) is 0 Å². The van der Waals surface area contributed by atoms with Crippen LogP contribution in [0, 0.1) is 0 Å². The van der Waals surface area contributed by atoms with Crippen LogP contribution in [-0.4, -0.2) is 14.2 Å². The molecule has 19 heavy (non-hydrogen) atoms. The van der Waals surface area contributed by atoms with Crippen molar-refractivity contribution in [3.63, 3.8) is 0 Å². The van der Waals surface area contributed by atoms with Crippen molar-refractivity contribution in [2.24, 2.45) is 0 Å². The lowest BCUT2D eigenvalue weighted by molar-refractivity contribution is 0.406. The summed E-state index contributed by atoms with van der Waals surface area (Å²) in [6.45, 7) is 0. The van der Waals surface area contributed by atoms with Crippen LogP contribution in [0.2, 0.25) is 0 Å². The third kappa shape index (κ3) is 3.60. The summed E-state index contributed by atoms with van der Waals surface area (Å²) < 4.78 is 7.64. The number of rotatable bonds is 5. The summed E-state index contributed by atoms with van der Waals surface area (Å²) in [5.74, 6) is 0.942. The molecule has 0 spiro atoms. The van der Waals surface area contributed by atoms with E-state index in [1.165, 1.54) is 10.4 Å². The molecule has 102 valence electrons. The van der Waals surface area contributed by atoms with Crippen LogP contribution in [0.5, 0.6) is 5.75 Å². The number of hydrogen-bond donors (Lipinski definition) is 1. The van der Waals surface area contributed by atoms with Gasteiger partial charge in [0.25, 0.3) is 0 Å². The lowest BCUT2D eigenvalue weighted by Gasteiger charge is -2.16. The number of thiophene rings is 1. The zero-order valence-corrected chi connectivity index (χ0v) is 14.7. The Bertz CT molecular complexity index is 537. The van der Waals surface area contributed by atoms with Gasteiger partial charge in [0.1, 0.15) is 5.75 Å². The van der Waals surface area contributed by atoms with Crippen molar-refractivity contribution in [2.45, 2.75) is 12.5 Å². The zero-order valence-electron chi connectivity index (χ0n) is 10.7. The summed E-state index contributed by atoms with van der Waals surface area (Å²) in [5, 5.41) is 3.37. The molecule has 2 aromatic rings. The molecule has 0 saturated heterocycles. The van der Waals surface area contributed by atoms with Gasteiger partial charge in [0.05, 0.1) is 10.9 Å². The minimum Gasteiger partial charge on any atom is -0.496 e. The molecule has 1 heterocycles. The third-order valence-electron chi connectivity index (χ3n) is 2.97. The van der Waals surface area contributed by atoms with E-state index in [0.717, 1.165) is 20.4 Å². The number of halogens is 2. The fourth-order valence-corrected chi connectivity index (χ4v) is 4.17. The molecule has 2 rings (SSSR count). The van der Waals surface area contributed by atoms with E-state index in [-0.39, 0.29) is 6.04 Å². The van der Waals surface area contributed by atoms with Gasteiger partial charge in [0.15, 0.2) is 0 Å². The van der Waals surface area contributed by atoms with E-state index >= 15 is 0 Å². The predicted octanol–water partition coefficient (Wildman–Crippen LogP) is 4.78. The van der Waals surface area contributed by atoms with Crippen molar-refractivity contribution in [3.8, 4) is 5.75 Å². The summed E-state index contributed by atoms with van der Waals surface area (Å²) in [6, 6.07) is 10.6. The Morgan fingerprint density at radius 2 is 2.05 bits per heavy atom. The molecule has 0 fully saturated rings. The predicted molar refractivity (Wildman–Crippen MR) is 88.2 cm³/mol. The van der Waals surface area contributed by atoms with Crippen molar-refractivity contribution in [3.05, 3.63) is 49.0 Å². The van der Waals surface area contributed by atoms with Gasteiger partial charge in [-0.05, 0) is 63.0 Å². The van der Waals surface area contributed by atoms with Crippen LogP contribution in [0.4, 0.5) is 0 Å². The minimum atomic E-state index is 0.281. The van der Waals surface area contributed by atoms with Gasteiger partial charge in [0, 0.05) is 15.4 Å². The molecule has 0 bridgehead atoms. The average molecular weight is 405 g/mol. The van der Waals surface area contributed by atoms with E-state index in [1.54, 1.807) is 18.4 Å². The molecule has 0 aliphatic carbocycles. The maximum absolute atomic E-state index is 5.41. The van der Waals surface area contributed by atoms with Crippen molar-refractivity contribution in [2.75, 3.05) is 14.2 Å². The quantitative estimate of drug-likeness (QED) is 0.773. The van der Waals surface area contributed by atoms with E-state index in [1.807, 2.05) is 25.2 Å². The molecule has 0 aliphatic rings. The molecule has 1 aromatic carbocycles. The largest absolute Gasteiger partial charge is 0.496 e. The summed E-state index contributed by atoms with van der Waals surface area (Å²) in [7, 11) is 3.70. The number of ether oxygens (including phenoxy) is 1. The van der Waals surface area contributed by atoms with Crippen LogP contribution in [-0.2, 0) is 6.42 Å². The van der Waals surface area contributed by atoms with Crippen LogP contribution >= 0.6 is 43.2 Å². The highest BCUT2D eigenvalue weighted by Gasteiger charge is 2.16. The minimum absolute atomic E-state index is 0.281. The highest BCUT2D eigenvalue weighted by atomic mass is 79.9.